The highest BCUT2D eigenvalue weighted by Crippen LogP contribution is 2.44. The number of hydrogen-bond acceptors (Lipinski definition) is 2. The van der Waals surface area contributed by atoms with Gasteiger partial charge >= 0.3 is 0 Å². The summed E-state index contributed by atoms with van der Waals surface area (Å²) < 4.78 is 4.90. The van der Waals surface area contributed by atoms with Gasteiger partial charge in [0.2, 0.25) is 0 Å². The molecule has 64 heavy (non-hydrogen) atoms. The first-order valence-corrected chi connectivity index (χ1v) is 22.7. The zero-order valence-electron chi connectivity index (χ0n) is 34.7. The molecule has 0 saturated heterocycles. The maximum Gasteiger partial charge on any atom is 0.156 e. The number of imidazole rings is 1. The molecule has 0 bridgehead atoms. The molecule has 3 heteroatoms. The Bertz CT molecular complexity index is 3860. The summed E-state index contributed by atoms with van der Waals surface area (Å²) in [6, 6.07) is 84.1. The molecule has 0 aliphatic heterocycles. The molecule has 0 atom stereocenters. The Kier molecular flexibility index (Phi) is 8.43. The Balaban J connectivity index is 0.882. The molecule has 13 aromatic rings. The van der Waals surface area contributed by atoms with Crippen molar-refractivity contribution in [3.63, 3.8) is 0 Å². The molecule has 0 spiro atoms. The maximum atomic E-state index is 5.26. The van der Waals surface area contributed by atoms with Crippen molar-refractivity contribution in [1.82, 2.24) is 9.38 Å². The summed E-state index contributed by atoms with van der Waals surface area (Å²) in [4.78, 5) is 5.26. The fourth-order valence-electron chi connectivity index (χ4n) is 9.84. The molecule has 10 aromatic carbocycles. The maximum absolute atomic E-state index is 5.26. The van der Waals surface area contributed by atoms with Crippen LogP contribution in [-0.2, 0) is 0 Å². The van der Waals surface area contributed by atoms with Crippen molar-refractivity contribution in [2.24, 2.45) is 0 Å². The van der Waals surface area contributed by atoms with Gasteiger partial charge in [-0.2, -0.15) is 0 Å². The first-order valence-electron chi connectivity index (χ1n) is 21.9. The molecule has 3 heterocycles. The van der Waals surface area contributed by atoms with Gasteiger partial charge in [0.05, 0.1) is 21.4 Å². The van der Waals surface area contributed by atoms with Gasteiger partial charge in [0, 0.05) is 15.5 Å². The van der Waals surface area contributed by atoms with E-state index in [0.717, 1.165) is 27.9 Å². The topological polar surface area (TPSA) is 17.3 Å². The first kappa shape index (κ1) is 36.5. The van der Waals surface area contributed by atoms with Crippen LogP contribution in [0, 0.1) is 0 Å². The molecule has 3 aromatic heterocycles. The number of pyridine rings is 1. The summed E-state index contributed by atoms with van der Waals surface area (Å²) in [5, 5.41) is 7.56. The van der Waals surface area contributed by atoms with E-state index in [-0.39, 0.29) is 0 Å². The molecule has 2 nitrogen and oxygen atoms in total. The van der Waals surface area contributed by atoms with Gasteiger partial charge in [-0.05, 0) is 119 Å². The summed E-state index contributed by atoms with van der Waals surface area (Å²) in [5.41, 5.74) is 17.5. The number of aromatic nitrogens is 2. The van der Waals surface area contributed by atoms with Crippen molar-refractivity contribution in [2.45, 2.75) is 0 Å². The Morgan fingerprint density at radius 2 is 0.812 bits per heavy atom. The molecule has 13 rings (SSSR count). The van der Waals surface area contributed by atoms with Crippen LogP contribution in [0.1, 0.15) is 0 Å². The average Bonchev–Trinajstić information content (AvgIpc) is 3.96. The summed E-state index contributed by atoms with van der Waals surface area (Å²) >= 11 is 1.86. The second kappa shape index (κ2) is 14.8. The highest BCUT2D eigenvalue weighted by Gasteiger charge is 2.19. The third-order valence-corrected chi connectivity index (χ3v) is 14.2. The third-order valence-electron chi connectivity index (χ3n) is 13.0. The van der Waals surface area contributed by atoms with E-state index in [2.05, 4.69) is 235 Å². The summed E-state index contributed by atoms with van der Waals surface area (Å²) in [6.07, 6.45) is 0. The SMILES string of the molecule is c1ccc(-c2cc(-c3ccccc3)cc(-c3ccc(-c4ccc(-c5ccc(-c6cc7c8ccc9ccccc9c8sc7c7nc8ccccc8n67)cc5)c5ccccc45)cc3)c2)cc1. The van der Waals surface area contributed by atoms with Crippen LogP contribution in [-0.4, -0.2) is 9.38 Å². The number of para-hydroxylation sites is 2. The number of thiophene rings is 1. The number of hydrogen-bond donors (Lipinski definition) is 0. The van der Waals surface area contributed by atoms with E-state index in [1.807, 2.05) is 11.3 Å². The van der Waals surface area contributed by atoms with Gasteiger partial charge in [-0.1, -0.05) is 194 Å². The lowest BCUT2D eigenvalue weighted by molar-refractivity contribution is 1.25. The second-order valence-electron chi connectivity index (χ2n) is 16.7. The van der Waals surface area contributed by atoms with Crippen LogP contribution in [0.3, 0.4) is 0 Å². The minimum Gasteiger partial charge on any atom is -0.291 e. The monoisotopic (exact) mass is 830 g/mol. The summed E-state index contributed by atoms with van der Waals surface area (Å²) in [6.45, 7) is 0. The quantitative estimate of drug-likeness (QED) is 0.163. The molecule has 298 valence electrons. The molecule has 0 aliphatic carbocycles. The number of benzene rings is 10. The van der Waals surface area contributed by atoms with E-state index in [1.54, 1.807) is 0 Å². The van der Waals surface area contributed by atoms with Gasteiger partial charge in [0.1, 0.15) is 0 Å². The minimum atomic E-state index is 1.01. The zero-order chi connectivity index (χ0) is 42.1. The second-order valence-corrected chi connectivity index (χ2v) is 17.7. The average molecular weight is 831 g/mol. The Hall–Kier alpha value is -8.11. The van der Waals surface area contributed by atoms with E-state index in [4.69, 9.17) is 4.98 Å². The fourth-order valence-corrected chi connectivity index (χ4v) is 11.1. The van der Waals surface area contributed by atoms with E-state index in [0.29, 0.717) is 0 Å². The standard InChI is InChI=1S/C61H38N2S/c1-3-13-39(14-4-1)46-35-47(40-15-5-2-6-16-40)37-48(36-46)41-23-25-43(26-24-41)49-33-34-50(53-20-10-9-19-52(49)53)44-27-29-45(30-28-44)58-38-55-54-32-31-42-17-7-8-18-51(42)59(54)64-60(55)61-62-56-21-11-12-22-57(56)63(58)61/h1-38H. The zero-order valence-corrected chi connectivity index (χ0v) is 35.6. The highest BCUT2D eigenvalue weighted by atomic mass is 32.1. The van der Waals surface area contributed by atoms with Crippen molar-refractivity contribution >= 4 is 69.7 Å². The molecule has 0 unspecified atom stereocenters. The third kappa shape index (κ3) is 5.97. The van der Waals surface area contributed by atoms with Crippen molar-refractivity contribution in [3.8, 4) is 66.9 Å². The molecule has 0 aliphatic rings. The van der Waals surface area contributed by atoms with Crippen LogP contribution in [0.4, 0.5) is 0 Å². The van der Waals surface area contributed by atoms with Gasteiger partial charge in [0.15, 0.2) is 5.65 Å². The molecule has 0 radical (unpaired) electrons. The van der Waals surface area contributed by atoms with Gasteiger partial charge in [0.25, 0.3) is 0 Å². The Morgan fingerprint density at radius 3 is 1.44 bits per heavy atom. The number of fused-ring (bicyclic) bond motifs is 10. The van der Waals surface area contributed by atoms with Crippen LogP contribution >= 0.6 is 11.3 Å². The van der Waals surface area contributed by atoms with Gasteiger partial charge < -0.3 is 0 Å². The van der Waals surface area contributed by atoms with Gasteiger partial charge in [-0.15, -0.1) is 11.3 Å². The Morgan fingerprint density at radius 1 is 0.312 bits per heavy atom. The lowest BCUT2D eigenvalue weighted by Crippen LogP contribution is -1.93. The summed E-state index contributed by atoms with van der Waals surface area (Å²) in [5.74, 6) is 0. The fraction of sp³-hybridized carbons (Fsp3) is 0. The molecule has 0 saturated carbocycles. The van der Waals surface area contributed by atoms with Gasteiger partial charge in [-0.25, -0.2) is 4.98 Å². The molecule has 0 amide bonds. The number of nitrogens with zero attached hydrogens (tertiary/aromatic N) is 2. The molecular formula is C61H38N2S. The molecule has 0 N–H and O–H groups in total. The van der Waals surface area contributed by atoms with Crippen molar-refractivity contribution in [2.75, 3.05) is 0 Å². The highest BCUT2D eigenvalue weighted by molar-refractivity contribution is 7.27. The van der Waals surface area contributed by atoms with E-state index < -0.39 is 0 Å². The first-order chi connectivity index (χ1) is 31.7. The van der Waals surface area contributed by atoms with Crippen molar-refractivity contribution < 1.29 is 0 Å². The molecule has 0 fully saturated rings. The van der Waals surface area contributed by atoms with Crippen LogP contribution in [0.25, 0.3) is 125 Å². The Labute approximate surface area is 374 Å². The van der Waals surface area contributed by atoms with Crippen molar-refractivity contribution in [1.29, 1.82) is 0 Å². The lowest BCUT2D eigenvalue weighted by Gasteiger charge is -2.14. The predicted molar refractivity (Wildman–Crippen MR) is 273 cm³/mol. The predicted octanol–water partition coefficient (Wildman–Crippen LogP) is 17.2. The molecular weight excluding hydrogens is 793 g/mol. The number of rotatable bonds is 6. The lowest BCUT2D eigenvalue weighted by atomic mass is 9.90. The normalized spacial score (nSPS) is 11.8. The van der Waals surface area contributed by atoms with Gasteiger partial charge in [-0.3, -0.25) is 4.40 Å². The van der Waals surface area contributed by atoms with E-state index in [1.165, 1.54) is 97.4 Å². The van der Waals surface area contributed by atoms with Crippen LogP contribution in [0.5, 0.6) is 0 Å². The largest absolute Gasteiger partial charge is 0.291 e. The minimum absolute atomic E-state index is 1.01. The van der Waals surface area contributed by atoms with Crippen LogP contribution in [0.15, 0.2) is 231 Å². The summed E-state index contributed by atoms with van der Waals surface area (Å²) in [7, 11) is 0. The van der Waals surface area contributed by atoms with Crippen LogP contribution in [0.2, 0.25) is 0 Å². The van der Waals surface area contributed by atoms with E-state index in [9.17, 15) is 0 Å². The van der Waals surface area contributed by atoms with Crippen molar-refractivity contribution in [3.05, 3.63) is 231 Å². The van der Waals surface area contributed by atoms with E-state index >= 15 is 0 Å². The van der Waals surface area contributed by atoms with Crippen LogP contribution < -0.4 is 0 Å². The smallest absolute Gasteiger partial charge is 0.156 e.